The quantitative estimate of drug-likeness (QED) is 0.569. The van der Waals surface area contributed by atoms with Crippen LogP contribution in [0.4, 0.5) is 11.4 Å². The predicted octanol–water partition coefficient (Wildman–Crippen LogP) is 2.49. The Labute approximate surface area is 171 Å². The number of hydrogen-bond donors (Lipinski definition) is 0. The second-order valence-corrected chi connectivity index (χ2v) is 7.31. The first kappa shape index (κ1) is 19.5. The van der Waals surface area contributed by atoms with Crippen LogP contribution in [0.2, 0.25) is 0 Å². The monoisotopic (exact) mass is 405 g/mol. The summed E-state index contributed by atoms with van der Waals surface area (Å²) in [5.74, 6) is -2.02. The lowest BCUT2D eigenvalue weighted by Gasteiger charge is -2.38. The van der Waals surface area contributed by atoms with Gasteiger partial charge in [-0.1, -0.05) is 24.3 Å². The van der Waals surface area contributed by atoms with Crippen LogP contribution in [0.25, 0.3) is 0 Å². The van der Waals surface area contributed by atoms with E-state index in [2.05, 4.69) is 0 Å². The van der Waals surface area contributed by atoms with Gasteiger partial charge < -0.3 is 9.90 Å². The summed E-state index contributed by atoms with van der Waals surface area (Å²) in [6.07, 6.45) is 1.59. The summed E-state index contributed by atoms with van der Waals surface area (Å²) < 4.78 is 0. The number of rotatable bonds is 4. The number of ketones is 1. The Hall–Kier alpha value is -3.81. The summed E-state index contributed by atoms with van der Waals surface area (Å²) in [6.45, 7) is 0. The molecule has 0 saturated carbocycles. The number of carboxylic acid groups (broad SMARTS) is 1. The van der Waals surface area contributed by atoms with E-state index in [0.29, 0.717) is 41.8 Å². The van der Waals surface area contributed by atoms with Crippen LogP contribution in [-0.4, -0.2) is 22.6 Å². The number of benzene rings is 2. The van der Waals surface area contributed by atoms with E-state index in [1.807, 2.05) is 0 Å². The van der Waals surface area contributed by atoms with Crippen LogP contribution in [0.5, 0.6) is 0 Å². The van der Waals surface area contributed by atoms with Crippen molar-refractivity contribution in [3.8, 4) is 0 Å². The number of carbonyl (C=O) groups is 3. The predicted molar refractivity (Wildman–Crippen MR) is 105 cm³/mol. The molecule has 1 aliphatic heterocycles. The number of nitro groups is 1. The summed E-state index contributed by atoms with van der Waals surface area (Å²) in [4.78, 5) is 48.8. The van der Waals surface area contributed by atoms with Gasteiger partial charge in [-0.2, -0.15) is 0 Å². The molecule has 1 heterocycles. The average Bonchev–Trinajstić information content (AvgIpc) is 2.73. The molecular formula is C22H17N2O6-. The highest BCUT2D eigenvalue weighted by Gasteiger charge is 2.39. The molecule has 2 aromatic rings. The van der Waals surface area contributed by atoms with Crippen molar-refractivity contribution in [3.05, 3.63) is 81.0 Å². The van der Waals surface area contributed by atoms with E-state index >= 15 is 0 Å². The number of carbonyl (C=O) groups excluding carboxylic acids is 3. The molecule has 8 nitrogen and oxygen atoms in total. The molecule has 1 aliphatic carbocycles. The molecule has 0 N–H and O–H groups in total. The molecule has 0 bridgehead atoms. The molecular weight excluding hydrogens is 388 g/mol. The smallest absolute Gasteiger partial charge is 0.269 e. The number of Topliss-reactive ketones (excluding diaryl/α,β-unsaturated/α-hetero) is 1. The van der Waals surface area contributed by atoms with Crippen molar-refractivity contribution in [1.82, 2.24) is 0 Å². The third-order valence-electron chi connectivity index (χ3n) is 5.54. The van der Waals surface area contributed by atoms with Gasteiger partial charge in [0.25, 0.3) is 5.69 Å². The molecule has 0 unspecified atom stereocenters. The van der Waals surface area contributed by atoms with Gasteiger partial charge >= 0.3 is 0 Å². The van der Waals surface area contributed by atoms with E-state index in [1.54, 1.807) is 12.1 Å². The van der Waals surface area contributed by atoms with Crippen molar-refractivity contribution >= 4 is 29.0 Å². The molecule has 8 heteroatoms. The number of allylic oxidation sites excluding steroid dienone is 2. The number of anilines is 1. The van der Waals surface area contributed by atoms with Gasteiger partial charge in [0.15, 0.2) is 5.78 Å². The van der Waals surface area contributed by atoms with E-state index in [-0.39, 0.29) is 29.4 Å². The highest BCUT2D eigenvalue weighted by atomic mass is 16.6. The molecule has 0 spiro atoms. The summed E-state index contributed by atoms with van der Waals surface area (Å²) in [6, 6.07) is 11.7. The topological polar surface area (TPSA) is 121 Å². The van der Waals surface area contributed by atoms with Crippen molar-refractivity contribution in [3.63, 3.8) is 0 Å². The molecule has 30 heavy (non-hydrogen) atoms. The number of amides is 1. The lowest BCUT2D eigenvalue weighted by molar-refractivity contribution is -0.384. The molecule has 1 atom stereocenters. The first-order chi connectivity index (χ1) is 14.4. The Morgan fingerprint density at radius 3 is 2.27 bits per heavy atom. The van der Waals surface area contributed by atoms with Crippen LogP contribution in [-0.2, 0) is 9.59 Å². The van der Waals surface area contributed by atoms with E-state index < -0.39 is 16.8 Å². The van der Waals surface area contributed by atoms with E-state index in [0.717, 1.165) is 0 Å². The molecule has 4 rings (SSSR count). The fraction of sp³-hybridized carbons (Fsp3) is 0.227. The molecule has 0 aromatic heterocycles. The van der Waals surface area contributed by atoms with Crippen LogP contribution >= 0.6 is 0 Å². The third-order valence-corrected chi connectivity index (χ3v) is 5.54. The first-order valence-corrected chi connectivity index (χ1v) is 9.52. The van der Waals surface area contributed by atoms with Crippen LogP contribution < -0.4 is 10.0 Å². The van der Waals surface area contributed by atoms with Gasteiger partial charge in [0.1, 0.15) is 0 Å². The second kappa shape index (κ2) is 7.55. The summed E-state index contributed by atoms with van der Waals surface area (Å²) >= 11 is 0. The Bertz CT molecular complexity index is 1090. The lowest BCUT2D eigenvalue weighted by Crippen LogP contribution is -2.40. The van der Waals surface area contributed by atoms with Crippen LogP contribution in [0.1, 0.15) is 47.5 Å². The largest absolute Gasteiger partial charge is 0.545 e. The van der Waals surface area contributed by atoms with Gasteiger partial charge in [0.2, 0.25) is 5.91 Å². The third kappa shape index (κ3) is 3.36. The maximum Gasteiger partial charge on any atom is 0.269 e. The number of nitro benzene ring substituents is 1. The zero-order chi connectivity index (χ0) is 21.4. The maximum atomic E-state index is 13.1. The Kier molecular flexibility index (Phi) is 4.91. The molecule has 0 radical (unpaired) electrons. The van der Waals surface area contributed by atoms with Gasteiger partial charge in [0, 0.05) is 47.8 Å². The zero-order valence-corrected chi connectivity index (χ0v) is 15.9. The van der Waals surface area contributed by atoms with Crippen molar-refractivity contribution in [2.24, 2.45) is 0 Å². The number of nitrogens with zero attached hydrogens (tertiary/aromatic N) is 2. The van der Waals surface area contributed by atoms with Gasteiger partial charge in [-0.3, -0.25) is 24.6 Å². The Morgan fingerprint density at radius 2 is 1.67 bits per heavy atom. The van der Waals surface area contributed by atoms with Gasteiger partial charge in [-0.15, -0.1) is 0 Å². The van der Waals surface area contributed by atoms with Gasteiger partial charge in [-0.25, -0.2) is 0 Å². The van der Waals surface area contributed by atoms with Crippen LogP contribution in [0.15, 0.2) is 59.8 Å². The van der Waals surface area contributed by atoms with Crippen molar-refractivity contribution in [1.29, 1.82) is 0 Å². The molecule has 0 saturated heterocycles. The molecule has 152 valence electrons. The van der Waals surface area contributed by atoms with E-state index in [4.69, 9.17) is 0 Å². The highest BCUT2D eigenvalue weighted by molar-refractivity contribution is 6.07. The maximum absolute atomic E-state index is 13.1. The molecule has 2 aromatic carbocycles. The van der Waals surface area contributed by atoms with Crippen LogP contribution in [0.3, 0.4) is 0 Å². The molecule has 0 fully saturated rings. The second-order valence-electron chi connectivity index (χ2n) is 7.31. The van der Waals surface area contributed by atoms with Crippen molar-refractivity contribution in [2.75, 3.05) is 4.90 Å². The number of hydrogen-bond acceptors (Lipinski definition) is 6. The highest BCUT2D eigenvalue weighted by Crippen LogP contribution is 2.43. The van der Waals surface area contributed by atoms with E-state index in [9.17, 15) is 29.6 Å². The van der Waals surface area contributed by atoms with Gasteiger partial charge in [-0.05, 0) is 36.1 Å². The number of non-ortho nitro benzene ring substituents is 1. The fourth-order valence-corrected chi connectivity index (χ4v) is 4.15. The van der Waals surface area contributed by atoms with Crippen molar-refractivity contribution < 1.29 is 24.4 Å². The van der Waals surface area contributed by atoms with E-state index in [1.165, 1.54) is 41.3 Å². The number of carboxylic acids is 1. The summed E-state index contributed by atoms with van der Waals surface area (Å²) in [5.41, 5.74) is 2.30. The minimum Gasteiger partial charge on any atom is -0.545 e. The zero-order valence-electron chi connectivity index (χ0n) is 15.9. The molecule has 1 amide bonds. The summed E-state index contributed by atoms with van der Waals surface area (Å²) in [7, 11) is 0. The summed E-state index contributed by atoms with van der Waals surface area (Å²) in [5, 5.41) is 21.9. The normalized spacial score (nSPS) is 18.9. The SMILES string of the molecule is O=C1CCCC2=C1[C@@H](c1ccc([N+](=O)[O-])cc1)CC(=O)N2c1ccc(C(=O)[O-])cc1. The standard InChI is InChI=1S/C22H18N2O6/c25-19-3-1-2-18-21(19)17(13-4-10-16(11-5-13)24(29)30)12-20(26)23(18)15-8-6-14(7-9-15)22(27)28/h4-11,17H,1-3,12H2,(H,27,28)/p-1/t17-/m1/s1. The average molecular weight is 405 g/mol. The number of aromatic carboxylic acids is 1. The lowest BCUT2D eigenvalue weighted by atomic mass is 9.77. The fourth-order valence-electron chi connectivity index (χ4n) is 4.15. The minimum absolute atomic E-state index is 0.000823. The van der Waals surface area contributed by atoms with Crippen LogP contribution in [0, 0.1) is 10.1 Å². The molecule has 2 aliphatic rings. The Balaban J connectivity index is 1.78. The van der Waals surface area contributed by atoms with Gasteiger partial charge in [0.05, 0.1) is 10.9 Å². The Morgan fingerprint density at radius 1 is 1.00 bits per heavy atom. The first-order valence-electron chi connectivity index (χ1n) is 9.52. The van der Waals surface area contributed by atoms with Crippen molar-refractivity contribution in [2.45, 2.75) is 31.6 Å². The minimum atomic E-state index is -1.31.